The molecule has 9 nitrogen and oxygen atoms in total. The summed E-state index contributed by atoms with van der Waals surface area (Å²) in [6.45, 7) is 11.0. The number of thiophene rings is 1. The number of fused-ring (bicyclic) bond motifs is 1. The maximum atomic E-state index is 11.7. The number of hydrogen-bond donors (Lipinski definition) is 3. The van der Waals surface area contributed by atoms with Gasteiger partial charge < -0.3 is 20.0 Å². The zero-order valence-corrected chi connectivity index (χ0v) is 20.7. The molecule has 2 aliphatic rings. The fraction of sp³-hybridized carbons (Fsp3) is 0.400. The maximum absolute atomic E-state index is 11.7. The van der Waals surface area contributed by atoms with Crippen LogP contribution in [0.3, 0.4) is 0 Å². The van der Waals surface area contributed by atoms with Gasteiger partial charge in [-0.1, -0.05) is 6.58 Å². The Bertz CT molecular complexity index is 1530. The molecule has 6 rings (SSSR count). The molecule has 5 heterocycles. The number of aromatic nitrogens is 5. The van der Waals surface area contributed by atoms with Crippen molar-refractivity contribution in [3.63, 3.8) is 0 Å². The highest BCUT2D eigenvalue weighted by molar-refractivity contribution is 7.15. The molecule has 0 amide bonds. The molecular formula is C25H29N7O2S. The molecule has 1 saturated heterocycles. The van der Waals surface area contributed by atoms with Gasteiger partial charge in [0.1, 0.15) is 5.82 Å². The summed E-state index contributed by atoms with van der Waals surface area (Å²) in [6.07, 6.45) is 6.46. The molecule has 1 aliphatic carbocycles. The lowest BCUT2D eigenvalue weighted by molar-refractivity contribution is -0.0702. The van der Waals surface area contributed by atoms with Crippen LogP contribution in [0.25, 0.3) is 28.9 Å². The van der Waals surface area contributed by atoms with Gasteiger partial charge in [-0.15, -0.1) is 11.3 Å². The topological polar surface area (TPSA) is 103 Å². The Kier molecular flexibility index (Phi) is 5.58. The van der Waals surface area contributed by atoms with Crippen molar-refractivity contribution in [1.82, 2.24) is 29.5 Å². The number of ether oxygens (including phenoxy) is 1. The molecule has 0 spiro atoms. The molecule has 35 heavy (non-hydrogen) atoms. The zero-order valence-electron chi connectivity index (χ0n) is 19.9. The predicted molar refractivity (Wildman–Crippen MR) is 138 cm³/mol. The summed E-state index contributed by atoms with van der Waals surface area (Å²) < 4.78 is 7.72. The Morgan fingerprint density at radius 1 is 1.26 bits per heavy atom. The average Bonchev–Trinajstić information content (AvgIpc) is 3.18. The van der Waals surface area contributed by atoms with E-state index in [9.17, 15) is 4.79 Å². The molecule has 182 valence electrons. The minimum atomic E-state index is -0.280. The Balaban J connectivity index is 1.37. The number of nitrogens with one attached hydrogen (secondary N) is 3. The van der Waals surface area contributed by atoms with Gasteiger partial charge in [0.15, 0.2) is 5.65 Å². The van der Waals surface area contributed by atoms with Crippen LogP contribution < -0.4 is 21.7 Å². The normalized spacial score (nSPS) is 21.7. The van der Waals surface area contributed by atoms with E-state index in [1.165, 1.54) is 4.88 Å². The zero-order chi connectivity index (χ0) is 24.1. The van der Waals surface area contributed by atoms with E-state index < -0.39 is 0 Å². The summed E-state index contributed by atoms with van der Waals surface area (Å²) in [5, 5.41) is 9.35. The average molecular weight is 492 g/mol. The molecule has 2 atom stereocenters. The van der Waals surface area contributed by atoms with E-state index in [2.05, 4.69) is 63.9 Å². The molecule has 1 saturated carbocycles. The molecule has 1 aliphatic heterocycles. The van der Waals surface area contributed by atoms with Gasteiger partial charge in [0, 0.05) is 42.2 Å². The molecule has 0 radical (unpaired) electrons. The van der Waals surface area contributed by atoms with E-state index >= 15 is 0 Å². The van der Waals surface area contributed by atoms with E-state index in [0.29, 0.717) is 16.7 Å². The molecule has 0 aromatic carbocycles. The van der Waals surface area contributed by atoms with Crippen LogP contribution in [0.5, 0.6) is 0 Å². The van der Waals surface area contributed by atoms with Crippen molar-refractivity contribution < 1.29 is 4.74 Å². The van der Waals surface area contributed by atoms with Gasteiger partial charge in [-0.25, -0.2) is 9.78 Å². The number of nitrogens with zero attached hydrogens (tertiary/aromatic N) is 4. The predicted octanol–water partition coefficient (Wildman–Crippen LogP) is 1.90. The van der Waals surface area contributed by atoms with Crippen molar-refractivity contribution in [2.45, 2.75) is 51.5 Å². The first-order valence-corrected chi connectivity index (χ1v) is 12.8. The summed E-state index contributed by atoms with van der Waals surface area (Å²) in [7, 11) is 0. The molecule has 0 bridgehead atoms. The minimum Gasteiger partial charge on any atom is -0.373 e. The Morgan fingerprint density at radius 2 is 2.06 bits per heavy atom. The van der Waals surface area contributed by atoms with Gasteiger partial charge in [-0.2, -0.15) is 9.61 Å². The maximum Gasteiger partial charge on any atom is 0.323 e. The van der Waals surface area contributed by atoms with Crippen molar-refractivity contribution in [3.05, 3.63) is 56.0 Å². The first kappa shape index (κ1) is 22.3. The van der Waals surface area contributed by atoms with Crippen LogP contribution in [0.1, 0.15) is 37.1 Å². The summed E-state index contributed by atoms with van der Waals surface area (Å²) in [4.78, 5) is 27.0. The smallest absolute Gasteiger partial charge is 0.323 e. The largest absolute Gasteiger partial charge is 0.373 e. The number of rotatable bonds is 6. The molecule has 3 N–H and O–H groups in total. The van der Waals surface area contributed by atoms with Crippen molar-refractivity contribution >= 4 is 35.5 Å². The highest BCUT2D eigenvalue weighted by atomic mass is 32.1. The molecule has 2 unspecified atom stereocenters. The summed E-state index contributed by atoms with van der Waals surface area (Å²) in [5.74, 6) is 0.926. The van der Waals surface area contributed by atoms with Gasteiger partial charge in [0.2, 0.25) is 0 Å². The SMILES string of the molecule is C=c1[nH]c(=O)[nH]/c1=C\c1cnn2c(NC3CC3)cc(-c3ccc(CN4CC(C)OC(C)C4)s3)nc12. The Hall–Kier alpha value is -3.21. The van der Waals surface area contributed by atoms with Crippen molar-refractivity contribution in [1.29, 1.82) is 0 Å². The van der Waals surface area contributed by atoms with Gasteiger partial charge in [0.05, 0.1) is 39.7 Å². The highest BCUT2D eigenvalue weighted by Gasteiger charge is 2.24. The fourth-order valence-electron chi connectivity index (χ4n) is 4.69. The second-order valence-electron chi connectivity index (χ2n) is 9.61. The van der Waals surface area contributed by atoms with E-state index in [1.807, 2.05) is 10.6 Å². The van der Waals surface area contributed by atoms with Crippen molar-refractivity contribution in [2.75, 3.05) is 18.4 Å². The lowest BCUT2D eigenvalue weighted by Gasteiger charge is -2.34. The lowest BCUT2D eigenvalue weighted by atomic mass is 10.2. The first-order valence-electron chi connectivity index (χ1n) is 12.0. The van der Waals surface area contributed by atoms with E-state index in [0.717, 1.165) is 60.1 Å². The van der Waals surface area contributed by atoms with Gasteiger partial charge in [-0.05, 0) is 44.9 Å². The Morgan fingerprint density at radius 3 is 2.77 bits per heavy atom. The van der Waals surface area contributed by atoms with Crippen LogP contribution in [0, 0.1) is 0 Å². The lowest BCUT2D eigenvalue weighted by Crippen LogP contribution is -2.44. The van der Waals surface area contributed by atoms with E-state index in [4.69, 9.17) is 9.72 Å². The van der Waals surface area contributed by atoms with Gasteiger partial charge in [-0.3, -0.25) is 4.90 Å². The molecule has 4 aromatic rings. The number of imidazole rings is 1. The molecular weight excluding hydrogens is 462 g/mol. The summed E-state index contributed by atoms with van der Waals surface area (Å²) >= 11 is 1.78. The van der Waals surface area contributed by atoms with Crippen molar-refractivity contribution in [3.8, 4) is 10.6 Å². The second-order valence-corrected chi connectivity index (χ2v) is 10.8. The van der Waals surface area contributed by atoms with Crippen LogP contribution in [0.2, 0.25) is 0 Å². The summed E-state index contributed by atoms with van der Waals surface area (Å²) in [6, 6.07) is 6.92. The van der Waals surface area contributed by atoms with Gasteiger partial charge in [0.25, 0.3) is 0 Å². The van der Waals surface area contributed by atoms with Crippen molar-refractivity contribution in [2.24, 2.45) is 0 Å². The number of aromatic amines is 2. The van der Waals surface area contributed by atoms with Gasteiger partial charge >= 0.3 is 5.69 Å². The van der Waals surface area contributed by atoms with E-state index in [-0.39, 0.29) is 17.9 Å². The monoisotopic (exact) mass is 491 g/mol. The van der Waals surface area contributed by atoms with Crippen LogP contribution in [0.4, 0.5) is 5.82 Å². The second kappa shape index (κ2) is 8.78. The third kappa shape index (κ3) is 4.69. The fourth-order valence-corrected chi connectivity index (χ4v) is 5.70. The van der Waals surface area contributed by atoms with Crippen LogP contribution in [-0.2, 0) is 11.3 Å². The molecule has 2 fully saturated rings. The standard InChI is InChI=1S/C25H29N7O2S/c1-14-11-31(12-15(2)34-14)13-19-6-7-22(35-19)21-9-23(28-18-4-5-18)32-24(29-21)17(10-26-32)8-20-16(3)27-25(33)30-20/h6-10,14-15,18,28H,3-5,11-13H2,1-2H3,(H2,27,30,33)/b20-8-. The number of morpholine rings is 1. The van der Waals surface area contributed by atoms with Crippen LogP contribution in [0.15, 0.2) is 29.2 Å². The highest BCUT2D eigenvalue weighted by Crippen LogP contribution is 2.32. The number of anilines is 1. The number of H-pyrrole nitrogens is 2. The molecule has 4 aromatic heterocycles. The minimum absolute atomic E-state index is 0.253. The van der Waals surface area contributed by atoms with Crippen LogP contribution >= 0.6 is 11.3 Å². The molecule has 10 heteroatoms. The third-order valence-electron chi connectivity index (χ3n) is 6.35. The van der Waals surface area contributed by atoms with E-state index in [1.54, 1.807) is 17.5 Å². The Labute approximate surface area is 206 Å². The third-order valence-corrected chi connectivity index (χ3v) is 7.45. The number of hydrogen-bond acceptors (Lipinski definition) is 7. The first-order chi connectivity index (χ1) is 16.9. The van der Waals surface area contributed by atoms with Crippen LogP contribution in [-0.4, -0.2) is 60.8 Å². The quantitative estimate of drug-likeness (QED) is 0.381. The summed E-state index contributed by atoms with van der Waals surface area (Å²) in [5.41, 5.74) is 2.18.